The first-order valence-corrected chi connectivity index (χ1v) is 9.07. The van der Waals surface area contributed by atoms with E-state index in [2.05, 4.69) is 20.6 Å². The molecule has 1 atom stereocenters. The Bertz CT molecular complexity index is 1220. The van der Waals surface area contributed by atoms with Crippen LogP contribution in [0.3, 0.4) is 0 Å². The van der Waals surface area contributed by atoms with Crippen LogP contribution in [0.25, 0.3) is 27.9 Å². The first-order valence-electron chi connectivity index (χ1n) is 9.07. The van der Waals surface area contributed by atoms with Gasteiger partial charge in [0.2, 0.25) is 5.95 Å². The minimum Gasteiger partial charge on any atom is -0.380 e. The summed E-state index contributed by atoms with van der Waals surface area (Å²) < 4.78 is 29.4. The highest BCUT2D eigenvalue weighted by Gasteiger charge is 2.20. The van der Waals surface area contributed by atoms with Crippen molar-refractivity contribution >= 4 is 27.6 Å². The molecule has 142 valence electrons. The molecule has 3 heterocycles. The summed E-state index contributed by atoms with van der Waals surface area (Å²) in [5, 5.41) is 6.94. The summed E-state index contributed by atoms with van der Waals surface area (Å²) in [6, 6.07) is 11.0. The average Bonchev–Trinajstić information content (AvgIpc) is 3.32. The monoisotopic (exact) mass is 381 g/mol. The van der Waals surface area contributed by atoms with E-state index in [0.717, 1.165) is 37.2 Å². The van der Waals surface area contributed by atoms with Gasteiger partial charge in [0.05, 0.1) is 16.6 Å². The van der Waals surface area contributed by atoms with E-state index < -0.39 is 11.6 Å². The molecule has 2 aromatic heterocycles. The molecule has 1 aliphatic rings. The number of fused-ring (bicyclic) bond motifs is 2. The first-order chi connectivity index (χ1) is 13.6. The molecule has 0 amide bonds. The van der Waals surface area contributed by atoms with Crippen molar-refractivity contribution in [3.63, 3.8) is 0 Å². The fourth-order valence-electron chi connectivity index (χ4n) is 3.70. The minimum atomic E-state index is -1.02. The number of benzene rings is 2. The second kappa shape index (κ2) is 6.42. The lowest BCUT2D eigenvalue weighted by Crippen LogP contribution is -2.25. The number of rotatable bonds is 3. The van der Waals surface area contributed by atoms with E-state index in [-0.39, 0.29) is 23.1 Å². The number of imidazole rings is 1. The van der Waals surface area contributed by atoms with Gasteiger partial charge in [0, 0.05) is 35.8 Å². The van der Waals surface area contributed by atoms with Gasteiger partial charge >= 0.3 is 0 Å². The second-order valence-corrected chi connectivity index (χ2v) is 6.93. The second-order valence-electron chi connectivity index (χ2n) is 6.93. The van der Waals surface area contributed by atoms with E-state index >= 15 is 0 Å². The molecule has 1 unspecified atom stereocenters. The zero-order valence-corrected chi connectivity index (χ0v) is 14.8. The number of pyridine rings is 1. The number of aromatic amines is 1. The van der Waals surface area contributed by atoms with E-state index in [1.54, 1.807) is 0 Å². The van der Waals surface area contributed by atoms with Crippen LogP contribution in [-0.2, 0) is 0 Å². The quantitative estimate of drug-likeness (QED) is 0.510. The zero-order valence-electron chi connectivity index (χ0n) is 14.8. The molecule has 3 N–H and O–H groups in total. The Labute approximate surface area is 158 Å². The van der Waals surface area contributed by atoms with E-state index in [1.807, 2.05) is 24.3 Å². The molecule has 1 aliphatic heterocycles. The molecule has 0 radical (unpaired) electrons. The van der Waals surface area contributed by atoms with Crippen LogP contribution in [-0.4, -0.2) is 33.7 Å². The maximum absolute atomic E-state index is 14.1. The highest BCUT2D eigenvalue weighted by molar-refractivity contribution is 5.92. The number of aromatic nitrogens is 3. The predicted octanol–water partition coefficient (Wildman–Crippen LogP) is 2.92. The molecule has 8 heteroatoms. The summed E-state index contributed by atoms with van der Waals surface area (Å²) in [6.45, 7) is 1.62. The lowest BCUT2D eigenvalue weighted by atomic mass is 10.1. The minimum absolute atomic E-state index is 0.123. The molecule has 1 fully saturated rings. The molecule has 0 spiro atoms. The molecule has 0 bridgehead atoms. The fourth-order valence-corrected chi connectivity index (χ4v) is 3.70. The Balaban J connectivity index is 1.76. The Morgan fingerprint density at radius 3 is 2.75 bits per heavy atom. The van der Waals surface area contributed by atoms with Gasteiger partial charge in [-0.05, 0) is 31.2 Å². The van der Waals surface area contributed by atoms with Gasteiger partial charge < -0.3 is 15.6 Å². The molecule has 28 heavy (non-hydrogen) atoms. The predicted molar refractivity (Wildman–Crippen MR) is 104 cm³/mol. The smallest absolute Gasteiger partial charge is 0.260 e. The van der Waals surface area contributed by atoms with Crippen molar-refractivity contribution in [2.75, 3.05) is 18.4 Å². The maximum atomic E-state index is 14.1. The molecule has 0 saturated carbocycles. The normalized spacial score (nSPS) is 16.9. The largest absolute Gasteiger partial charge is 0.380 e. The van der Waals surface area contributed by atoms with Crippen molar-refractivity contribution < 1.29 is 8.78 Å². The fraction of sp³-hybridized carbons (Fsp3) is 0.200. The van der Waals surface area contributed by atoms with Crippen LogP contribution in [0.5, 0.6) is 0 Å². The molecule has 4 aromatic rings. The van der Waals surface area contributed by atoms with Crippen LogP contribution in [0.15, 0.2) is 47.3 Å². The summed E-state index contributed by atoms with van der Waals surface area (Å²) >= 11 is 0. The molecule has 6 nitrogen and oxygen atoms in total. The van der Waals surface area contributed by atoms with E-state index in [9.17, 15) is 13.6 Å². The van der Waals surface area contributed by atoms with Crippen molar-refractivity contribution in [2.45, 2.75) is 12.5 Å². The molecular weight excluding hydrogens is 364 g/mol. The van der Waals surface area contributed by atoms with Crippen LogP contribution in [0, 0.1) is 11.6 Å². The number of nitrogens with zero attached hydrogens (tertiary/aromatic N) is 2. The van der Waals surface area contributed by atoms with Gasteiger partial charge in [-0.1, -0.05) is 12.1 Å². The number of hydrogen-bond donors (Lipinski definition) is 3. The topological polar surface area (TPSA) is 74.7 Å². The first kappa shape index (κ1) is 16.9. The Kier molecular flexibility index (Phi) is 3.87. The number of H-pyrrole nitrogens is 1. The van der Waals surface area contributed by atoms with Gasteiger partial charge in [0.1, 0.15) is 0 Å². The summed E-state index contributed by atoms with van der Waals surface area (Å²) in [5.74, 6) is -1.72. The van der Waals surface area contributed by atoms with Gasteiger partial charge in [-0.15, -0.1) is 0 Å². The lowest BCUT2D eigenvalue weighted by Gasteiger charge is -2.17. The van der Waals surface area contributed by atoms with Gasteiger partial charge in [-0.3, -0.25) is 4.79 Å². The number of para-hydroxylation sites is 2. The number of hydrogen-bond acceptors (Lipinski definition) is 4. The number of halogens is 2. The maximum Gasteiger partial charge on any atom is 0.260 e. The molecule has 1 saturated heterocycles. The van der Waals surface area contributed by atoms with E-state index in [0.29, 0.717) is 16.6 Å². The van der Waals surface area contributed by atoms with Crippen molar-refractivity contribution in [1.82, 2.24) is 19.9 Å². The summed E-state index contributed by atoms with van der Waals surface area (Å²) in [5.41, 5.74) is 1.78. The summed E-state index contributed by atoms with van der Waals surface area (Å²) in [6.07, 6.45) is 0.887. The summed E-state index contributed by atoms with van der Waals surface area (Å²) in [7, 11) is 0. The molecule has 5 rings (SSSR count). The van der Waals surface area contributed by atoms with Crippen LogP contribution < -0.4 is 16.2 Å². The van der Waals surface area contributed by atoms with Crippen LogP contribution in [0.2, 0.25) is 0 Å². The third kappa shape index (κ3) is 2.73. The SMILES string of the molecule is O=c1cc(NC2CCNC2)c2cc(F)c(F)cc2n1-c1nc2ccccc2[nH]1. The van der Waals surface area contributed by atoms with Crippen LogP contribution >= 0.6 is 0 Å². The van der Waals surface area contributed by atoms with Gasteiger partial charge in [-0.25, -0.2) is 18.3 Å². The number of anilines is 1. The molecular formula is C20H17F2N5O. The Hall–Kier alpha value is -3.26. The van der Waals surface area contributed by atoms with E-state index in [4.69, 9.17) is 0 Å². The van der Waals surface area contributed by atoms with Crippen molar-refractivity contribution in [3.05, 3.63) is 64.5 Å². The third-order valence-corrected chi connectivity index (χ3v) is 5.07. The van der Waals surface area contributed by atoms with Crippen LogP contribution in [0.1, 0.15) is 6.42 Å². The van der Waals surface area contributed by atoms with Crippen molar-refractivity contribution in [1.29, 1.82) is 0 Å². The Morgan fingerprint density at radius 1 is 1.14 bits per heavy atom. The highest BCUT2D eigenvalue weighted by atomic mass is 19.2. The standard InChI is InChI=1S/C20H17F2N5O/c21-13-7-12-17(24-11-5-6-23-10-11)9-19(28)27(18(12)8-14(13)22)20-25-15-3-1-2-4-16(15)26-20/h1-4,7-9,11,23-24H,5-6,10H2,(H,25,26). The lowest BCUT2D eigenvalue weighted by molar-refractivity contribution is 0.510. The van der Waals surface area contributed by atoms with Crippen LogP contribution in [0.4, 0.5) is 14.5 Å². The van der Waals surface area contributed by atoms with Gasteiger partial charge in [0.15, 0.2) is 11.6 Å². The molecule has 2 aromatic carbocycles. The van der Waals surface area contributed by atoms with E-state index in [1.165, 1.54) is 10.6 Å². The van der Waals surface area contributed by atoms with Gasteiger partial charge in [0.25, 0.3) is 5.56 Å². The highest BCUT2D eigenvalue weighted by Crippen LogP contribution is 2.27. The molecule has 0 aliphatic carbocycles. The van der Waals surface area contributed by atoms with Gasteiger partial charge in [-0.2, -0.15) is 0 Å². The van der Waals surface area contributed by atoms with Crippen molar-refractivity contribution in [3.8, 4) is 5.95 Å². The Morgan fingerprint density at radius 2 is 1.96 bits per heavy atom. The van der Waals surface area contributed by atoms with Crippen molar-refractivity contribution in [2.24, 2.45) is 0 Å². The number of nitrogens with one attached hydrogen (secondary N) is 3. The average molecular weight is 381 g/mol. The summed E-state index contributed by atoms with van der Waals surface area (Å²) in [4.78, 5) is 20.4. The zero-order chi connectivity index (χ0) is 19.3. The third-order valence-electron chi connectivity index (χ3n) is 5.07.